The fourth-order valence-corrected chi connectivity index (χ4v) is 2.58. The molecule has 1 aromatic rings. The molecule has 0 bridgehead atoms. The molecule has 2 aliphatic rings. The van der Waals surface area contributed by atoms with Gasteiger partial charge in [0.1, 0.15) is 6.33 Å². The lowest BCUT2D eigenvalue weighted by Crippen LogP contribution is -2.44. The number of carbonyl (C=O) groups excluding carboxylic acids is 1. The molecule has 6 nitrogen and oxygen atoms in total. The number of carbonyl (C=O) groups is 1. The molecule has 3 rings (SSSR count). The highest BCUT2D eigenvalue weighted by Crippen LogP contribution is 2.18. The van der Waals surface area contributed by atoms with E-state index in [0.717, 1.165) is 44.8 Å². The summed E-state index contributed by atoms with van der Waals surface area (Å²) < 4.78 is 2.02. The van der Waals surface area contributed by atoms with Crippen LogP contribution in [0.15, 0.2) is 6.33 Å². The third kappa shape index (κ3) is 2.04. The highest BCUT2D eigenvalue weighted by molar-refractivity contribution is 5.79. The first-order chi connectivity index (χ1) is 8.34. The second-order valence-corrected chi connectivity index (χ2v) is 4.72. The zero-order valence-corrected chi connectivity index (χ0v) is 9.80. The van der Waals surface area contributed by atoms with Crippen molar-refractivity contribution in [1.29, 1.82) is 0 Å². The molecule has 0 unspecified atom stereocenters. The van der Waals surface area contributed by atoms with Crippen molar-refractivity contribution in [2.45, 2.75) is 25.9 Å². The zero-order chi connectivity index (χ0) is 11.7. The molecule has 6 heteroatoms. The number of fused-ring (bicyclic) bond motifs is 1. The summed E-state index contributed by atoms with van der Waals surface area (Å²) in [6.45, 7) is 4.14. The van der Waals surface area contributed by atoms with E-state index in [-0.39, 0.29) is 5.92 Å². The SMILES string of the molecule is O=C(C1CCNCC1)N1CCn2cnnc2C1. The van der Waals surface area contributed by atoms with Gasteiger partial charge in [0.25, 0.3) is 0 Å². The van der Waals surface area contributed by atoms with Gasteiger partial charge < -0.3 is 14.8 Å². The molecule has 0 aromatic carbocycles. The quantitative estimate of drug-likeness (QED) is 0.720. The summed E-state index contributed by atoms with van der Waals surface area (Å²) in [5.74, 6) is 1.39. The number of amides is 1. The van der Waals surface area contributed by atoms with E-state index in [0.29, 0.717) is 12.5 Å². The van der Waals surface area contributed by atoms with Gasteiger partial charge in [0.05, 0.1) is 6.54 Å². The predicted octanol–water partition coefficient (Wildman–Crippen LogP) is -0.380. The van der Waals surface area contributed by atoms with E-state index >= 15 is 0 Å². The van der Waals surface area contributed by atoms with Crippen molar-refractivity contribution in [3.05, 3.63) is 12.2 Å². The Balaban J connectivity index is 1.67. The van der Waals surface area contributed by atoms with Gasteiger partial charge in [-0.15, -0.1) is 10.2 Å². The van der Waals surface area contributed by atoms with Gasteiger partial charge in [-0.2, -0.15) is 0 Å². The maximum absolute atomic E-state index is 12.3. The van der Waals surface area contributed by atoms with E-state index in [2.05, 4.69) is 15.5 Å². The summed E-state index contributed by atoms with van der Waals surface area (Å²) in [6, 6.07) is 0. The molecule has 3 heterocycles. The van der Waals surface area contributed by atoms with Gasteiger partial charge in [-0.1, -0.05) is 0 Å². The number of piperidine rings is 1. The molecule has 1 fully saturated rings. The van der Waals surface area contributed by atoms with Crippen LogP contribution in [-0.4, -0.2) is 45.2 Å². The average Bonchev–Trinajstić information content (AvgIpc) is 2.86. The minimum atomic E-state index is 0.200. The Labute approximate surface area is 100 Å². The number of rotatable bonds is 1. The second kappa shape index (κ2) is 4.44. The monoisotopic (exact) mass is 235 g/mol. The molecule has 0 radical (unpaired) electrons. The largest absolute Gasteiger partial charge is 0.333 e. The molecule has 1 amide bonds. The van der Waals surface area contributed by atoms with Gasteiger partial charge >= 0.3 is 0 Å². The number of hydrogen-bond acceptors (Lipinski definition) is 4. The van der Waals surface area contributed by atoms with Gasteiger partial charge in [0, 0.05) is 19.0 Å². The Bertz CT molecular complexity index is 410. The molecular formula is C11H17N5O. The van der Waals surface area contributed by atoms with Crippen LogP contribution < -0.4 is 5.32 Å². The topological polar surface area (TPSA) is 63.1 Å². The van der Waals surface area contributed by atoms with Crippen molar-refractivity contribution in [2.24, 2.45) is 5.92 Å². The lowest BCUT2D eigenvalue weighted by Gasteiger charge is -2.32. The molecule has 1 N–H and O–H groups in total. The number of nitrogens with one attached hydrogen (secondary N) is 1. The summed E-state index contributed by atoms with van der Waals surface area (Å²) in [4.78, 5) is 14.3. The van der Waals surface area contributed by atoms with Crippen LogP contribution in [0, 0.1) is 5.92 Å². The van der Waals surface area contributed by atoms with E-state index in [4.69, 9.17) is 0 Å². The van der Waals surface area contributed by atoms with Crippen molar-refractivity contribution in [2.75, 3.05) is 19.6 Å². The summed E-state index contributed by atoms with van der Waals surface area (Å²) in [7, 11) is 0. The molecule has 1 aromatic heterocycles. The fraction of sp³-hybridized carbons (Fsp3) is 0.727. The Morgan fingerprint density at radius 1 is 1.35 bits per heavy atom. The first-order valence-electron chi connectivity index (χ1n) is 6.21. The zero-order valence-electron chi connectivity index (χ0n) is 9.80. The van der Waals surface area contributed by atoms with Crippen molar-refractivity contribution in [3.63, 3.8) is 0 Å². The fourth-order valence-electron chi connectivity index (χ4n) is 2.58. The van der Waals surface area contributed by atoms with Crippen LogP contribution in [0.1, 0.15) is 18.7 Å². The summed E-state index contributed by atoms with van der Waals surface area (Å²) >= 11 is 0. The van der Waals surface area contributed by atoms with E-state index in [1.54, 1.807) is 6.33 Å². The van der Waals surface area contributed by atoms with Gasteiger partial charge in [-0.3, -0.25) is 4.79 Å². The molecule has 17 heavy (non-hydrogen) atoms. The summed E-state index contributed by atoms with van der Waals surface area (Å²) in [5, 5.41) is 11.2. The maximum atomic E-state index is 12.3. The Kier molecular flexibility index (Phi) is 2.80. The van der Waals surface area contributed by atoms with Crippen LogP contribution in [0.5, 0.6) is 0 Å². The van der Waals surface area contributed by atoms with E-state index in [1.807, 2.05) is 9.47 Å². The first kappa shape index (κ1) is 10.7. The summed E-state index contributed by atoms with van der Waals surface area (Å²) in [6.07, 6.45) is 3.66. The van der Waals surface area contributed by atoms with Crippen LogP contribution in [0.4, 0.5) is 0 Å². The third-order valence-electron chi connectivity index (χ3n) is 3.64. The summed E-state index contributed by atoms with van der Waals surface area (Å²) in [5.41, 5.74) is 0. The van der Waals surface area contributed by atoms with E-state index < -0.39 is 0 Å². The molecule has 0 atom stereocenters. The van der Waals surface area contributed by atoms with Crippen LogP contribution in [0.3, 0.4) is 0 Å². The minimum absolute atomic E-state index is 0.200. The maximum Gasteiger partial charge on any atom is 0.226 e. The molecule has 0 aliphatic carbocycles. The van der Waals surface area contributed by atoms with Crippen LogP contribution >= 0.6 is 0 Å². The highest BCUT2D eigenvalue weighted by Gasteiger charge is 2.28. The Morgan fingerprint density at radius 2 is 2.18 bits per heavy atom. The number of aromatic nitrogens is 3. The minimum Gasteiger partial charge on any atom is -0.333 e. The lowest BCUT2D eigenvalue weighted by atomic mass is 9.96. The van der Waals surface area contributed by atoms with Crippen molar-refractivity contribution < 1.29 is 4.79 Å². The van der Waals surface area contributed by atoms with E-state index in [1.165, 1.54) is 0 Å². The van der Waals surface area contributed by atoms with Crippen molar-refractivity contribution in [3.8, 4) is 0 Å². The van der Waals surface area contributed by atoms with E-state index in [9.17, 15) is 4.79 Å². The van der Waals surface area contributed by atoms with Crippen molar-refractivity contribution in [1.82, 2.24) is 25.0 Å². The molecule has 0 spiro atoms. The highest BCUT2D eigenvalue weighted by atomic mass is 16.2. The lowest BCUT2D eigenvalue weighted by molar-refractivity contribution is -0.137. The van der Waals surface area contributed by atoms with Gasteiger partial charge in [0.2, 0.25) is 5.91 Å². The molecule has 0 saturated carbocycles. The van der Waals surface area contributed by atoms with Gasteiger partial charge in [-0.05, 0) is 25.9 Å². The normalized spacial score (nSPS) is 21.3. The van der Waals surface area contributed by atoms with Crippen LogP contribution in [0.25, 0.3) is 0 Å². The van der Waals surface area contributed by atoms with Crippen molar-refractivity contribution >= 4 is 5.91 Å². The first-order valence-corrected chi connectivity index (χ1v) is 6.21. The molecule has 2 aliphatic heterocycles. The second-order valence-electron chi connectivity index (χ2n) is 4.72. The predicted molar refractivity (Wildman–Crippen MR) is 61.0 cm³/mol. The molecule has 92 valence electrons. The standard InChI is InChI=1S/C11H17N5O/c17-11(9-1-3-12-4-2-9)15-5-6-16-8-13-14-10(16)7-15/h8-9,12H,1-7H2. The average molecular weight is 235 g/mol. The molecule has 1 saturated heterocycles. The smallest absolute Gasteiger partial charge is 0.226 e. The van der Waals surface area contributed by atoms with Crippen LogP contribution in [-0.2, 0) is 17.9 Å². The van der Waals surface area contributed by atoms with Gasteiger partial charge in [0.15, 0.2) is 5.82 Å². The molecular weight excluding hydrogens is 218 g/mol. The third-order valence-corrected chi connectivity index (χ3v) is 3.64. The van der Waals surface area contributed by atoms with Crippen LogP contribution in [0.2, 0.25) is 0 Å². The number of nitrogens with zero attached hydrogens (tertiary/aromatic N) is 4. The van der Waals surface area contributed by atoms with Gasteiger partial charge in [-0.25, -0.2) is 0 Å². The Hall–Kier alpha value is -1.43. The number of hydrogen-bond donors (Lipinski definition) is 1. The Morgan fingerprint density at radius 3 is 3.00 bits per heavy atom.